The Morgan fingerprint density at radius 1 is 0.687 bits per heavy atom. The van der Waals surface area contributed by atoms with E-state index in [0.29, 0.717) is 18.4 Å². The van der Waals surface area contributed by atoms with Crippen LogP contribution in [-0.4, -0.2) is 98.1 Å². The van der Waals surface area contributed by atoms with Crippen LogP contribution in [0.5, 0.6) is 0 Å². The molecule has 4 rings (SSSR count). The van der Waals surface area contributed by atoms with Gasteiger partial charge in [-0.1, -0.05) is 222 Å². The lowest BCUT2D eigenvalue weighted by Gasteiger charge is -2.59. The molecule has 1 unspecified atom stereocenters. The van der Waals surface area contributed by atoms with Crippen molar-refractivity contribution in [3.05, 3.63) is 71.8 Å². The lowest BCUT2D eigenvalue weighted by Crippen LogP contribution is -2.83. The molecule has 0 bridgehead atoms. The molecule has 67 heavy (non-hydrogen) atoms. The van der Waals surface area contributed by atoms with Gasteiger partial charge >= 0.3 is 6.09 Å². The highest BCUT2D eigenvalue weighted by Gasteiger charge is 2.68. The molecule has 0 aromatic heterocycles. The highest BCUT2D eigenvalue weighted by atomic mass is 16.6. The molecular weight excluding hydrogens is 847 g/mol. The van der Waals surface area contributed by atoms with Crippen molar-refractivity contribution in [2.75, 3.05) is 13.2 Å². The summed E-state index contributed by atoms with van der Waals surface area (Å²) in [4.78, 5) is 60.5. The van der Waals surface area contributed by atoms with Crippen molar-refractivity contribution < 1.29 is 44.0 Å². The van der Waals surface area contributed by atoms with Gasteiger partial charge in [0.1, 0.15) is 31.0 Å². The Bertz CT molecular complexity index is 1680. The zero-order valence-electron chi connectivity index (χ0n) is 41.3. The monoisotopic (exact) mass is 934 g/mol. The van der Waals surface area contributed by atoms with Crippen LogP contribution in [0.4, 0.5) is 4.79 Å². The van der Waals surface area contributed by atoms with E-state index in [1.54, 1.807) is 36.4 Å². The zero-order valence-corrected chi connectivity index (χ0v) is 41.3. The largest absolute Gasteiger partial charge is 0.445 e. The number of Topliss-reactive ketones (excluding diaryl/α,β-unsaturated/α-hetero) is 1. The van der Waals surface area contributed by atoms with E-state index in [9.17, 15) is 29.7 Å². The fourth-order valence-corrected chi connectivity index (χ4v) is 9.90. The molecule has 12 heteroatoms. The number of unbranched alkanes of at least 4 members (excludes halogenated alkanes) is 23. The minimum atomic E-state index is -2.27. The van der Waals surface area contributed by atoms with E-state index < -0.39 is 66.9 Å². The molecule has 0 radical (unpaired) electrons. The highest BCUT2D eigenvalue weighted by molar-refractivity contribution is 6.04. The summed E-state index contributed by atoms with van der Waals surface area (Å²) in [5, 5.41) is 37.0. The molecular formula is C55H87N3O9. The molecule has 4 N–H and O–H groups in total. The zero-order chi connectivity index (χ0) is 48.1. The van der Waals surface area contributed by atoms with Gasteiger partial charge in [0.15, 0.2) is 17.6 Å². The third-order valence-electron chi connectivity index (χ3n) is 13.9. The first-order valence-electron chi connectivity index (χ1n) is 26.5. The SMILES string of the molecule is CCCCCCCCCCCCCCCCCCN(C(=O)CCCCCCCCCCC)[C@@H]1O[C@H](CO)[C@@H](O)[C@H](O)C12C(=O)C[C@H](NC(=O)OCc1ccccc1)C(=O)N2Cc1ccccc1. The summed E-state index contributed by atoms with van der Waals surface area (Å²) in [6.07, 6.45) is 20.8. The molecule has 2 aromatic carbocycles. The van der Waals surface area contributed by atoms with Crippen molar-refractivity contribution in [2.24, 2.45) is 0 Å². The van der Waals surface area contributed by atoms with Crippen LogP contribution in [-0.2, 0) is 37.0 Å². The number of hydrogen-bond acceptors (Lipinski definition) is 9. The van der Waals surface area contributed by atoms with Crippen molar-refractivity contribution in [1.82, 2.24) is 15.1 Å². The predicted molar refractivity (Wildman–Crippen MR) is 264 cm³/mol. The molecule has 376 valence electrons. The number of nitrogens with zero attached hydrogens (tertiary/aromatic N) is 2. The molecule has 12 nitrogen and oxygen atoms in total. The number of alkyl carbamates (subject to hydrolysis) is 1. The summed E-state index contributed by atoms with van der Waals surface area (Å²) in [5.41, 5.74) is -0.916. The van der Waals surface area contributed by atoms with E-state index in [2.05, 4.69) is 19.2 Å². The number of carbonyl (C=O) groups excluding carboxylic acids is 4. The van der Waals surface area contributed by atoms with Crippen LogP contribution >= 0.6 is 0 Å². The topological polar surface area (TPSA) is 166 Å². The molecule has 6 atom stereocenters. The second kappa shape index (κ2) is 32.1. The van der Waals surface area contributed by atoms with E-state index in [4.69, 9.17) is 9.47 Å². The van der Waals surface area contributed by atoms with E-state index in [1.807, 2.05) is 24.3 Å². The summed E-state index contributed by atoms with van der Waals surface area (Å²) in [6.45, 7) is 3.70. The second-order valence-electron chi connectivity index (χ2n) is 19.2. The third-order valence-corrected chi connectivity index (χ3v) is 13.9. The number of piperidine rings is 1. The first kappa shape index (κ1) is 55.8. The number of rotatable bonds is 34. The average molecular weight is 934 g/mol. The van der Waals surface area contributed by atoms with Gasteiger partial charge in [-0.3, -0.25) is 14.4 Å². The maximum atomic E-state index is 15.1. The summed E-state index contributed by atoms with van der Waals surface area (Å²) in [6, 6.07) is 16.6. The predicted octanol–water partition coefficient (Wildman–Crippen LogP) is 10.5. The van der Waals surface area contributed by atoms with Crippen molar-refractivity contribution >= 4 is 23.7 Å². The number of aliphatic hydroxyl groups excluding tert-OH is 3. The van der Waals surface area contributed by atoms with Crippen LogP contribution in [0.1, 0.15) is 198 Å². The van der Waals surface area contributed by atoms with Crippen LogP contribution in [0.25, 0.3) is 0 Å². The number of ketones is 1. The minimum Gasteiger partial charge on any atom is -0.445 e. The second-order valence-corrected chi connectivity index (χ2v) is 19.2. The summed E-state index contributed by atoms with van der Waals surface area (Å²) < 4.78 is 11.9. The molecule has 1 spiro atoms. The van der Waals surface area contributed by atoms with Crippen LogP contribution in [0.3, 0.4) is 0 Å². The average Bonchev–Trinajstić information content (AvgIpc) is 3.34. The molecule has 2 heterocycles. The van der Waals surface area contributed by atoms with Gasteiger partial charge in [0.2, 0.25) is 11.8 Å². The highest BCUT2D eigenvalue weighted by Crippen LogP contribution is 2.43. The number of ether oxygens (including phenoxy) is 2. The van der Waals surface area contributed by atoms with Gasteiger partial charge in [-0.25, -0.2) is 4.79 Å². The lowest BCUT2D eigenvalue weighted by molar-refractivity contribution is -0.278. The summed E-state index contributed by atoms with van der Waals surface area (Å²) >= 11 is 0. The lowest BCUT2D eigenvalue weighted by atomic mass is 9.72. The summed E-state index contributed by atoms with van der Waals surface area (Å²) in [5.74, 6) is -1.66. The van der Waals surface area contributed by atoms with Gasteiger partial charge in [0.05, 0.1) is 6.61 Å². The Hall–Kier alpha value is -3.84. The van der Waals surface area contributed by atoms with Gasteiger partial charge in [-0.15, -0.1) is 0 Å². The number of hydrogen-bond donors (Lipinski definition) is 4. The number of amides is 3. The van der Waals surface area contributed by atoms with E-state index >= 15 is 4.79 Å². The molecule has 3 amide bonds. The van der Waals surface area contributed by atoms with Gasteiger partial charge in [0.25, 0.3) is 0 Å². The van der Waals surface area contributed by atoms with Crippen LogP contribution in [0.2, 0.25) is 0 Å². The molecule has 0 saturated carbocycles. The smallest absolute Gasteiger partial charge is 0.408 e. The van der Waals surface area contributed by atoms with Gasteiger partial charge < -0.3 is 39.9 Å². The number of likely N-dealkylation sites (tertiary alicyclic amines) is 1. The van der Waals surface area contributed by atoms with Crippen LogP contribution < -0.4 is 5.32 Å². The maximum absolute atomic E-state index is 15.1. The van der Waals surface area contributed by atoms with E-state index in [1.165, 1.54) is 106 Å². The molecule has 2 aromatic rings. The van der Waals surface area contributed by atoms with Crippen molar-refractivity contribution in [3.8, 4) is 0 Å². The van der Waals surface area contributed by atoms with Crippen molar-refractivity contribution in [1.29, 1.82) is 0 Å². The Labute approximate surface area is 402 Å². The van der Waals surface area contributed by atoms with Crippen molar-refractivity contribution in [2.45, 2.75) is 236 Å². The van der Waals surface area contributed by atoms with Gasteiger partial charge in [0, 0.05) is 25.9 Å². The molecule has 2 aliphatic rings. The fraction of sp³-hybridized carbons (Fsp3) is 0.709. The minimum absolute atomic E-state index is 0.0576. The van der Waals surface area contributed by atoms with E-state index in [0.717, 1.165) is 56.9 Å². The van der Waals surface area contributed by atoms with Crippen molar-refractivity contribution in [3.63, 3.8) is 0 Å². The summed E-state index contributed by atoms with van der Waals surface area (Å²) in [7, 11) is 0. The Morgan fingerprint density at radius 2 is 1.15 bits per heavy atom. The van der Waals surface area contributed by atoms with Gasteiger partial charge in [-0.05, 0) is 24.0 Å². The quantitative estimate of drug-likeness (QED) is 0.0500. The molecule has 2 aliphatic heterocycles. The van der Waals surface area contributed by atoms with Crippen LogP contribution in [0, 0.1) is 0 Å². The fourth-order valence-electron chi connectivity index (χ4n) is 9.90. The number of benzene rings is 2. The number of nitrogens with one attached hydrogen (secondary N) is 1. The molecule has 2 saturated heterocycles. The number of carbonyl (C=O) groups is 4. The molecule has 0 aliphatic carbocycles. The Balaban J connectivity index is 1.52. The van der Waals surface area contributed by atoms with E-state index in [-0.39, 0.29) is 32.0 Å². The Morgan fingerprint density at radius 3 is 1.64 bits per heavy atom. The maximum Gasteiger partial charge on any atom is 0.408 e. The standard InChI is InChI=1S/C55H87N3O9/c1-3-5-7-9-11-13-14-15-16-17-18-19-21-23-25-33-39-57(49(61)38-32-24-22-20-12-10-8-6-4-2)53-55(51(63)50(62)47(42-59)67-53)48(60)40-46(52(64)58(55)41-44-34-28-26-29-35-44)56-54(65)66-43-45-36-30-27-31-37-45/h26-31,34-37,46-47,50-51,53,59,62-63H,3-25,32-33,38-43H2,1-2H3,(H,56,65)/t46-,47+,50+,51-,53+,55?/m0/s1. The first-order valence-corrected chi connectivity index (χ1v) is 26.5. The number of aliphatic hydroxyl groups is 3. The first-order chi connectivity index (χ1) is 32.7. The Kier molecular flexibility index (Phi) is 26.7. The normalized spacial score (nSPS) is 21.7. The molecule has 2 fully saturated rings. The van der Waals surface area contributed by atoms with Gasteiger partial charge in [-0.2, -0.15) is 0 Å². The van der Waals surface area contributed by atoms with Crippen LogP contribution in [0.15, 0.2) is 60.7 Å². The third kappa shape index (κ3) is 17.9.